The third kappa shape index (κ3) is 6.41. The first-order valence-electron chi connectivity index (χ1n) is 13.7. The highest BCUT2D eigenvalue weighted by molar-refractivity contribution is 5.81. The smallest absolute Gasteiger partial charge is 0.130 e. The van der Waals surface area contributed by atoms with Gasteiger partial charge >= 0.3 is 0 Å². The van der Waals surface area contributed by atoms with Gasteiger partial charge in [0.1, 0.15) is 36.9 Å². The van der Waals surface area contributed by atoms with Crippen LogP contribution in [0.5, 0.6) is 11.5 Å². The van der Waals surface area contributed by atoms with Crippen molar-refractivity contribution in [2.45, 2.75) is 76.9 Å². The third-order valence-corrected chi connectivity index (χ3v) is 7.52. The van der Waals surface area contributed by atoms with Crippen molar-refractivity contribution >= 4 is 11.1 Å². The van der Waals surface area contributed by atoms with E-state index in [1.165, 1.54) is 47.1 Å². The van der Waals surface area contributed by atoms with E-state index in [-0.39, 0.29) is 17.6 Å². The van der Waals surface area contributed by atoms with Crippen LogP contribution in [0.2, 0.25) is 0 Å². The van der Waals surface area contributed by atoms with Gasteiger partial charge in [-0.1, -0.05) is 82.5 Å². The van der Waals surface area contributed by atoms with Crippen LogP contribution in [0.3, 0.4) is 0 Å². The zero-order valence-electron chi connectivity index (χ0n) is 22.1. The molecule has 2 heterocycles. The third-order valence-electron chi connectivity index (χ3n) is 7.52. The molecule has 2 aromatic rings. The summed E-state index contributed by atoms with van der Waals surface area (Å²) >= 11 is 0. The molecule has 1 aliphatic carbocycles. The van der Waals surface area contributed by atoms with Gasteiger partial charge in [-0.25, -0.2) is 0 Å². The average molecular weight is 489 g/mol. The van der Waals surface area contributed by atoms with E-state index in [0.29, 0.717) is 13.2 Å². The zero-order chi connectivity index (χ0) is 25.0. The van der Waals surface area contributed by atoms with E-state index in [4.69, 9.17) is 18.9 Å². The number of unbranched alkanes of at least 4 members (excludes halogenated alkanes) is 2. The van der Waals surface area contributed by atoms with Gasteiger partial charge in [0.05, 0.1) is 13.2 Å². The van der Waals surface area contributed by atoms with E-state index in [1.54, 1.807) is 0 Å². The number of hydrogen-bond acceptors (Lipinski definition) is 4. The van der Waals surface area contributed by atoms with Gasteiger partial charge in [0, 0.05) is 11.1 Å². The van der Waals surface area contributed by atoms with Crippen molar-refractivity contribution in [2.75, 3.05) is 26.4 Å². The van der Waals surface area contributed by atoms with Crippen molar-refractivity contribution in [3.8, 4) is 11.5 Å². The molecule has 0 aromatic heterocycles. The second kappa shape index (κ2) is 11.2. The normalized spacial score (nSPS) is 21.0. The van der Waals surface area contributed by atoms with Gasteiger partial charge in [0.2, 0.25) is 0 Å². The topological polar surface area (TPSA) is 43.5 Å². The van der Waals surface area contributed by atoms with Gasteiger partial charge in [0.25, 0.3) is 0 Å². The lowest BCUT2D eigenvalue weighted by molar-refractivity contribution is 0.255. The molecule has 0 bridgehead atoms. The molecule has 2 atom stereocenters. The number of para-hydroxylation sites is 1. The van der Waals surface area contributed by atoms with E-state index in [0.717, 1.165) is 44.0 Å². The van der Waals surface area contributed by atoms with Gasteiger partial charge in [-0.2, -0.15) is 0 Å². The summed E-state index contributed by atoms with van der Waals surface area (Å²) in [6, 6.07) is 15.2. The first-order chi connectivity index (χ1) is 17.5. The van der Waals surface area contributed by atoms with Gasteiger partial charge in [-0.3, -0.25) is 0 Å². The Hall–Kier alpha value is -2.56. The van der Waals surface area contributed by atoms with Crippen LogP contribution in [0.15, 0.2) is 54.6 Å². The predicted octanol–water partition coefficient (Wildman–Crippen LogP) is 7.36. The van der Waals surface area contributed by atoms with E-state index >= 15 is 0 Å². The maximum Gasteiger partial charge on any atom is 0.130 e. The molecule has 5 rings (SSSR count). The van der Waals surface area contributed by atoms with Crippen molar-refractivity contribution in [1.29, 1.82) is 0 Å². The summed E-state index contributed by atoms with van der Waals surface area (Å²) < 4.78 is 23.0. The monoisotopic (exact) mass is 488 g/mol. The highest BCUT2D eigenvalue weighted by Crippen LogP contribution is 2.43. The standard InChI is InChI=1S/C32H40O4/c1-4-5-6-18-32(2,3)30-9-7-8-29(31(30)36-22-28-21-35-28)25-12-10-23(11-13-25)24-14-16-26(17-15-24)33-19-27-20-34-27/h7-10,12,14-17,27-28H,4-6,11,13,18-22H2,1-3H3. The summed E-state index contributed by atoms with van der Waals surface area (Å²) in [6.07, 6.45) is 12.0. The summed E-state index contributed by atoms with van der Waals surface area (Å²) in [5.74, 6) is 1.96. The van der Waals surface area contributed by atoms with Crippen LogP contribution in [-0.2, 0) is 14.9 Å². The van der Waals surface area contributed by atoms with Crippen LogP contribution >= 0.6 is 0 Å². The molecule has 2 aliphatic heterocycles. The molecule has 3 aliphatic rings. The molecular weight excluding hydrogens is 448 g/mol. The molecule has 0 saturated carbocycles. The molecular formula is C32H40O4. The molecule has 0 radical (unpaired) electrons. The maximum absolute atomic E-state index is 6.50. The molecule has 36 heavy (non-hydrogen) atoms. The van der Waals surface area contributed by atoms with Gasteiger partial charge in [0.15, 0.2) is 0 Å². The number of rotatable bonds is 13. The molecule has 0 N–H and O–H groups in total. The van der Waals surface area contributed by atoms with Crippen molar-refractivity contribution in [2.24, 2.45) is 0 Å². The Bertz CT molecular complexity index is 1090. The van der Waals surface area contributed by atoms with Crippen LogP contribution in [0.1, 0.15) is 76.0 Å². The first-order valence-corrected chi connectivity index (χ1v) is 13.7. The van der Waals surface area contributed by atoms with E-state index < -0.39 is 0 Å². The fourth-order valence-electron chi connectivity index (χ4n) is 4.99. The van der Waals surface area contributed by atoms with Crippen LogP contribution in [-0.4, -0.2) is 38.6 Å². The predicted molar refractivity (Wildman–Crippen MR) is 146 cm³/mol. The van der Waals surface area contributed by atoms with E-state index in [2.05, 4.69) is 75.4 Å². The summed E-state index contributed by atoms with van der Waals surface area (Å²) in [5.41, 5.74) is 6.59. The SMILES string of the molecule is CCCCCC(C)(C)c1cccc(C2=CC=C(c3ccc(OCC4CO4)cc3)CC2)c1OCC1CO1. The quantitative estimate of drug-likeness (QED) is 0.218. The zero-order valence-corrected chi connectivity index (χ0v) is 22.1. The second-order valence-electron chi connectivity index (χ2n) is 11.0. The van der Waals surface area contributed by atoms with Crippen LogP contribution in [0, 0.1) is 0 Å². The van der Waals surface area contributed by atoms with Crippen molar-refractivity contribution < 1.29 is 18.9 Å². The van der Waals surface area contributed by atoms with Crippen LogP contribution < -0.4 is 9.47 Å². The Kier molecular flexibility index (Phi) is 7.83. The molecule has 0 spiro atoms. The Morgan fingerprint density at radius 3 is 2.14 bits per heavy atom. The highest BCUT2D eigenvalue weighted by atomic mass is 16.6. The first kappa shape index (κ1) is 25.1. The Labute approximate surface area is 216 Å². The molecule has 192 valence electrons. The molecule has 0 amide bonds. The fourth-order valence-corrected chi connectivity index (χ4v) is 4.99. The Morgan fingerprint density at radius 1 is 0.833 bits per heavy atom. The lowest BCUT2D eigenvalue weighted by Crippen LogP contribution is -2.20. The minimum absolute atomic E-state index is 0.0661. The number of epoxide rings is 2. The van der Waals surface area contributed by atoms with Crippen molar-refractivity contribution in [1.82, 2.24) is 0 Å². The lowest BCUT2D eigenvalue weighted by Gasteiger charge is -2.30. The minimum atomic E-state index is 0.0661. The Morgan fingerprint density at radius 2 is 1.50 bits per heavy atom. The van der Waals surface area contributed by atoms with Crippen molar-refractivity contribution in [3.05, 3.63) is 71.3 Å². The molecule has 2 unspecified atom stereocenters. The molecule has 2 saturated heterocycles. The summed E-state index contributed by atoms with van der Waals surface area (Å²) in [5, 5.41) is 0. The summed E-state index contributed by atoms with van der Waals surface area (Å²) in [6.45, 7) is 9.89. The van der Waals surface area contributed by atoms with Crippen molar-refractivity contribution in [3.63, 3.8) is 0 Å². The lowest BCUT2D eigenvalue weighted by atomic mass is 9.77. The summed E-state index contributed by atoms with van der Waals surface area (Å²) in [4.78, 5) is 0. The molecule has 4 heteroatoms. The van der Waals surface area contributed by atoms with E-state index in [1.807, 2.05) is 0 Å². The molecule has 4 nitrogen and oxygen atoms in total. The summed E-state index contributed by atoms with van der Waals surface area (Å²) in [7, 11) is 0. The molecule has 2 aromatic carbocycles. The average Bonchev–Trinajstić information content (AvgIpc) is 3.82. The van der Waals surface area contributed by atoms with Gasteiger partial charge < -0.3 is 18.9 Å². The largest absolute Gasteiger partial charge is 0.491 e. The number of hydrogen-bond donors (Lipinski definition) is 0. The number of ether oxygens (including phenoxy) is 4. The van der Waals surface area contributed by atoms with Crippen LogP contribution in [0.4, 0.5) is 0 Å². The second-order valence-corrected chi connectivity index (χ2v) is 11.0. The highest BCUT2D eigenvalue weighted by Gasteiger charge is 2.29. The van der Waals surface area contributed by atoms with Crippen LogP contribution in [0.25, 0.3) is 11.1 Å². The Balaban J connectivity index is 1.36. The fraction of sp³-hybridized carbons (Fsp3) is 0.500. The van der Waals surface area contributed by atoms with Gasteiger partial charge in [-0.15, -0.1) is 0 Å². The number of allylic oxidation sites excluding steroid dienone is 4. The van der Waals surface area contributed by atoms with E-state index in [9.17, 15) is 0 Å². The maximum atomic E-state index is 6.50. The number of benzene rings is 2. The minimum Gasteiger partial charge on any atom is -0.491 e. The van der Waals surface area contributed by atoms with Gasteiger partial charge in [-0.05, 0) is 53.5 Å². The molecule has 2 fully saturated rings.